The predicted molar refractivity (Wildman–Crippen MR) is 126 cm³/mol. The van der Waals surface area contributed by atoms with Crippen molar-refractivity contribution < 1.29 is 14.4 Å². The first-order valence-electron chi connectivity index (χ1n) is 10.2. The van der Waals surface area contributed by atoms with Crippen LogP contribution >= 0.6 is 0 Å². The van der Waals surface area contributed by atoms with E-state index in [9.17, 15) is 19.7 Å². The van der Waals surface area contributed by atoms with E-state index in [1.807, 2.05) is 48.3 Å². The third-order valence-corrected chi connectivity index (χ3v) is 4.61. The van der Waals surface area contributed by atoms with Gasteiger partial charge >= 0.3 is 16.9 Å². The van der Waals surface area contributed by atoms with Gasteiger partial charge in [0.25, 0.3) is 0 Å². The summed E-state index contributed by atoms with van der Waals surface area (Å²) in [6, 6.07) is 13.3. The average molecular weight is 449 g/mol. The van der Waals surface area contributed by atoms with Gasteiger partial charge in [-0.05, 0) is 42.7 Å². The Labute approximate surface area is 189 Å². The fourth-order valence-corrected chi connectivity index (χ4v) is 3.22. The molecule has 3 rings (SSSR count). The number of nitrogens with zero attached hydrogens (tertiary/aromatic N) is 1. The summed E-state index contributed by atoms with van der Waals surface area (Å²) in [6.45, 7) is 6.39. The number of aromatic nitrogens is 2. The number of rotatable bonds is 10. The summed E-state index contributed by atoms with van der Waals surface area (Å²) in [5.74, 6) is 1.08. The Kier molecular flexibility index (Phi) is 7.59. The number of aromatic amines is 2. The van der Waals surface area contributed by atoms with Crippen LogP contribution in [0.3, 0.4) is 0 Å². The zero-order valence-electron chi connectivity index (χ0n) is 18.0. The van der Waals surface area contributed by atoms with Gasteiger partial charge in [-0.15, -0.1) is 6.58 Å². The van der Waals surface area contributed by atoms with E-state index < -0.39 is 21.9 Å². The lowest BCUT2D eigenvalue weighted by atomic mass is 10.0. The Balaban J connectivity index is 2.01. The number of nitro groups is 1. The van der Waals surface area contributed by atoms with Gasteiger partial charge in [0.2, 0.25) is 0 Å². The van der Waals surface area contributed by atoms with E-state index >= 15 is 0 Å². The summed E-state index contributed by atoms with van der Waals surface area (Å²) in [7, 11) is 0. The molecule has 2 N–H and O–H groups in total. The van der Waals surface area contributed by atoms with Gasteiger partial charge in [0.1, 0.15) is 12.3 Å². The van der Waals surface area contributed by atoms with Crippen molar-refractivity contribution in [3.05, 3.63) is 108 Å². The van der Waals surface area contributed by atoms with Gasteiger partial charge in [-0.25, -0.2) is 4.79 Å². The summed E-state index contributed by atoms with van der Waals surface area (Å²) in [5, 5.41) is 11.3. The Hall–Kier alpha value is -4.40. The summed E-state index contributed by atoms with van der Waals surface area (Å²) in [6.07, 6.45) is 5.08. The second kappa shape index (κ2) is 10.8. The van der Waals surface area contributed by atoms with Crippen molar-refractivity contribution in [3.63, 3.8) is 0 Å². The van der Waals surface area contributed by atoms with E-state index in [1.54, 1.807) is 18.2 Å². The zero-order chi connectivity index (χ0) is 23.8. The van der Waals surface area contributed by atoms with Crippen molar-refractivity contribution in [1.82, 2.24) is 9.97 Å². The monoisotopic (exact) mass is 449 g/mol. The molecule has 0 aliphatic heterocycles. The number of hydrogen-bond donors (Lipinski definition) is 2. The van der Waals surface area contributed by atoms with Gasteiger partial charge in [0.15, 0.2) is 11.5 Å². The van der Waals surface area contributed by atoms with Gasteiger partial charge in [-0.1, -0.05) is 42.5 Å². The third kappa shape index (κ3) is 5.85. The number of benzene rings is 2. The molecule has 0 saturated heterocycles. The average Bonchev–Trinajstić information content (AvgIpc) is 2.77. The molecule has 2 aromatic carbocycles. The maximum Gasteiger partial charge on any atom is 0.357 e. The summed E-state index contributed by atoms with van der Waals surface area (Å²) >= 11 is 0. The highest BCUT2D eigenvalue weighted by Crippen LogP contribution is 2.35. The normalized spacial score (nSPS) is 10.8. The molecule has 9 heteroatoms. The van der Waals surface area contributed by atoms with Crippen LogP contribution in [0.2, 0.25) is 0 Å². The molecule has 0 saturated carbocycles. The highest BCUT2D eigenvalue weighted by molar-refractivity contribution is 5.73. The highest BCUT2D eigenvalue weighted by Gasteiger charge is 2.19. The Bertz CT molecular complexity index is 1290. The molecule has 1 heterocycles. The number of ether oxygens (including phenoxy) is 2. The van der Waals surface area contributed by atoms with Crippen molar-refractivity contribution in [2.24, 2.45) is 0 Å². The van der Waals surface area contributed by atoms with Crippen LogP contribution in [0.4, 0.5) is 5.69 Å². The van der Waals surface area contributed by atoms with E-state index in [0.717, 1.165) is 11.1 Å². The summed E-state index contributed by atoms with van der Waals surface area (Å²) < 4.78 is 11.9. The smallest absolute Gasteiger partial charge is 0.357 e. The first-order chi connectivity index (χ1) is 15.9. The molecule has 3 aromatic rings. The lowest BCUT2D eigenvalue weighted by molar-refractivity contribution is -0.386. The molecule has 170 valence electrons. The first-order valence-corrected chi connectivity index (χ1v) is 10.2. The van der Waals surface area contributed by atoms with Gasteiger partial charge in [0.05, 0.1) is 11.5 Å². The van der Waals surface area contributed by atoms with Gasteiger partial charge < -0.3 is 14.5 Å². The fourth-order valence-electron chi connectivity index (χ4n) is 3.22. The second-order valence-corrected chi connectivity index (χ2v) is 6.97. The van der Waals surface area contributed by atoms with E-state index in [4.69, 9.17) is 9.47 Å². The zero-order valence-corrected chi connectivity index (χ0v) is 18.0. The van der Waals surface area contributed by atoms with Crippen LogP contribution in [0, 0.1) is 10.1 Å². The number of hydrogen-bond acceptors (Lipinski definition) is 6. The maximum atomic E-state index is 11.8. The molecule has 0 unspecified atom stereocenters. The molecule has 0 aliphatic rings. The standard InChI is InChI=1S/C24H23N3O6/c1-3-8-18-13-17(11-12-19-21(27(30)31)23(28)26-24(29)25-19)14-20(32-4-2)22(18)33-15-16-9-6-5-7-10-16/h3,5-7,9-14H,1,4,8,15H2,2H3,(H2,25,26,28,29)/b12-11+. The van der Waals surface area contributed by atoms with Crippen LogP contribution < -0.4 is 20.7 Å². The highest BCUT2D eigenvalue weighted by atomic mass is 16.6. The van der Waals surface area contributed by atoms with Crippen molar-refractivity contribution in [2.75, 3.05) is 6.61 Å². The first kappa shape index (κ1) is 23.3. The molecule has 0 spiro atoms. The third-order valence-electron chi connectivity index (χ3n) is 4.61. The molecule has 0 bridgehead atoms. The fraction of sp³-hybridized carbons (Fsp3) is 0.167. The molecule has 9 nitrogen and oxygen atoms in total. The Morgan fingerprint density at radius 3 is 2.52 bits per heavy atom. The van der Waals surface area contributed by atoms with Crippen LogP contribution in [0.5, 0.6) is 11.5 Å². The van der Waals surface area contributed by atoms with Crippen LogP contribution in [0.25, 0.3) is 12.2 Å². The maximum absolute atomic E-state index is 11.8. The number of nitrogens with one attached hydrogen (secondary N) is 2. The van der Waals surface area contributed by atoms with Crippen LogP contribution in [0.15, 0.2) is 64.7 Å². The lowest BCUT2D eigenvalue weighted by Gasteiger charge is -2.17. The number of allylic oxidation sites excluding steroid dienone is 1. The van der Waals surface area contributed by atoms with E-state index in [-0.39, 0.29) is 5.69 Å². The van der Waals surface area contributed by atoms with Crippen molar-refractivity contribution in [1.29, 1.82) is 0 Å². The SMILES string of the molecule is C=CCc1cc(/C=C/c2[nH]c(=O)[nH]c(=O)c2[N+](=O)[O-])cc(OCC)c1OCc1ccccc1. The van der Waals surface area contributed by atoms with Crippen molar-refractivity contribution in [3.8, 4) is 11.5 Å². The number of H-pyrrole nitrogens is 2. The lowest BCUT2D eigenvalue weighted by Crippen LogP contribution is -2.25. The summed E-state index contributed by atoms with van der Waals surface area (Å²) in [4.78, 5) is 38.0. The molecule has 1 aromatic heterocycles. The van der Waals surface area contributed by atoms with Crippen molar-refractivity contribution >= 4 is 17.8 Å². The van der Waals surface area contributed by atoms with E-state index in [0.29, 0.717) is 36.7 Å². The second-order valence-electron chi connectivity index (χ2n) is 6.97. The largest absolute Gasteiger partial charge is 0.490 e. The molecular formula is C24H23N3O6. The molecule has 0 aliphatic carbocycles. The minimum absolute atomic E-state index is 0.207. The molecule has 0 amide bonds. The predicted octanol–water partition coefficient (Wildman–Crippen LogP) is 3.85. The molecule has 0 radical (unpaired) electrons. The van der Waals surface area contributed by atoms with Crippen LogP contribution in [-0.4, -0.2) is 21.5 Å². The quantitative estimate of drug-likeness (QED) is 0.275. The van der Waals surface area contributed by atoms with Gasteiger partial charge in [-0.3, -0.25) is 19.9 Å². The Morgan fingerprint density at radius 2 is 1.85 bits per heavy atom. The minimum Gasteiger partial charge on any atom is -0.490 e. The van der Waals surface area contributed by atoms with Gasteiger partial charge in [0, 0.05) is 5.56 Å². The molecule has 0 fully saturated rings. The molecule has 0 atom stereocenters. The van der Waals surface area contributed by atoms with E-state index in [1.165, 1.54) is 6.08 Å². The minimum atomic E-state index is -1.07. The van der Waals surface area contributed by atoms with Crippen molar-refractivity contribution in [2.45, 2.75) is 20.0 Å². The van der Waals surface area contributed by atoms with Crippen LogP contribution in [0.1, 0.15) is 29.3 Å². The van der Waals surface area contributed by atoms with Gasteiger partial charge in [-0.2, -0.15) is 0 Å². The Morgan fingerprint density at radius 1 is 1.09 bits per heavy atom. The molecule has 33 heavy (non-hydrogen) atoms. The molecular weight excluding hydrogens is 426 g/mol. The summed E-state index contributed by atoms with van der Waals surface area (Å²) in [5.41, 5.74) is -0.420. The van der Waals surface area contributed by atoms with E-state index in [2.05, 4.69) is 11.6 Å². The van der Waals surface area contributed by atoms with Crippen LogP contribution in [-0.2, 0) is 13.0 Å². The topological polar surface area (TPSA) is 127 Å².